The first-order chi connectivity index (χ1) is 10.7. The Morgan fingerprint density at radius 2 is 1.59 bits per heavy atom. The maximum atomic E-state index is 12.0. The van der Waals surface area contributed by atoms with Gasteiger partial charge in [0.05, 0.1) is 6.54 Å². The van der Waals surface area contributed by atoms with E-state index in [2.05, 4.69) is 16.0 Å². The number of hydrogen-bond donors (Lipinski definition) is 3. The molecule has 2 bridgehead atoms. The molecule has 0 aromatic rings. The van der Waals surface area contributed by atoms with E-state index in [0.717, 1.165) is 25.7 Å². The maximum absolute atomic E-state index is 12.0. The number of nitrogens with one attached hydrogen (secondary N) is 3. The van der Waals surface area contributed by atoms with E-state index in [1.54, 1.807) is 0 Å². The van der Waals surface area contributed by atoms with Crippen LogP contribution in [-0.4, -0.2) is 36.5 Å². The van der Waals surface area contributed by atoms with Gasteiger partial charge in [-0.15, -0.1) is 0 Å². The molecule has 2 aliphatic heterocycles. The Morgan fingerprint density at radius 1 is 0.909 bits per heavy atom. The third-order valence-corrected chi connectivity index (χ3v) is 5.46. The molecular formula is C17H29N3O2. The van der Waals surface area contributed by atoms with Gasteiger partial charge in [0, 0.05) is 24.5 Å². The van der Waals surface area contributed by atoms with Crippen molar-refractivity contribution in [1.29, 1.82) is 0 Å². The summed E-state index contributed by atoms with van der Waals surface area (Å²) in [4.78, 5) is 23.9. The zero-order valence-electron chi connectivity index (χ0n) is 13.4. The van der Waals surface area contributed by atoms with Crippen LogP contribution in [-0.2, 0) is 9.59 Å². The summed E-state index contributed by atoms with van der Waals surface area (Å²) in [7, 11) is 0. The largest absolute Gasteiger partial charge is 0.352 e. The Balaban J connectivity index is 1.32. The minimum Gasteiger partial charge on any atom is -0.352 e. The molecule has 124 valence electrons. The van der Waals surface area contributed by atoms with Crippen LogP contribution in [0.4, 0.5) is 0 Å². The lowest BCUT2D eigenvalue weighted by Gasteiger charge is -2.28. The van der Waals surface area contributed by atoms with Gasteiger partial charge in [0.15, 0.2) is 0 Å². The number of hydrogen-bond acceptors (Lipinski definition) is 3. The number of carbonyl (C=O) groups excluding carboxylic acids is 2. The summed E-state index contributed by atoms with van der Waals surface area (Å²) in [6.45, 7) is 0.132. The van der Waals surface area contributed by atoms with Gasteiger partial charge in [-0.2, -0.15) is 0 Å². The summed E-state index contributed by atoms with van der Waals surface area (Å²) in [6.07, 6.45) is 11.2. The molecule has 5 nitrogen and oxygen atoms in total. The fourth-order valence-electron chi connectivity index (χ4n) is 4.38. The molecule has 22 heavy (non-hydrogen) atoms. The summed E-state index contributed by atoms with van der Waals surface area (Å²) >= 11 is 0. The molecule has 2 unspecified atom stereocenters. The summed E-state index contributed by atoms with van der Waals surface area (Å²) in [6, 6.07) is 1.55. The average molecular weight is 307 g/mol. The molecule has 0 spiro atoms. The van der Waals surface area contributed by atoms with Crippen LogP contribution in [0.25, 0.3) is 0 Å². The molecule has 2 saturated heterocycles. The van der Waals surface area contributed by atoms with Gasteiger partial charge >= 0.3 is 0 Å². The van der Waals surface area contributed by atoms with Crippen LogP contribution < -0.4 is 16.0 Å². The molecule has 3 aliphatic rings. The lowest BCUT2D eigenvalue weighted by atomic mass is 9.89. The highest BCUT2D eigenvalue weighted by molar-refractivity contribution is 5.84. The summed E-state index contributed by atoms with van der Waals surface area (Å²) < 4.78 is 0. The van der Waals surface area contributed by atoms with E-state index >= 15 is 0 Å². The van der Waals surface area contributed by atoms with Gasteiger partial charge in [-0.05, 0) is 44.4 Å². The second-order valence-electron chi connectivity index (χ2n) is 7.36. The van der Waals surface area contributed by atoms with Crippen molar-refractivity contribution in [3.05, 3.63) is 0 Å². The van der Waals surface area contributed by atoms with Crippen LogP contribution in [0.1, 0.15) is 64.2 Å². The molecule has 2 heterocycles. The van der Waals surface area contributed by atoms with E-state index in [1.165, 1.54) is 32.1 Å². The Bertz CT molecular complexity index is 395. The predicted octanol–water partition coefficient (Wildman–Crippen LogP) is 1.47. The highest BCUT2D eigenvalue weighted by Gasteiger charge is 2.34. The smallest absolute Gasteiger partial charge is 0.239 e. The minimum atomic E-state index is -0.0365. The number of piperidine rings is 1. The topological polar surface area (TPSA) is 70.2 Å². The van der Waals surface area contributed by atoms with Crippen molar-refractivity contribution in [2.45, 2.75) is 82.3 Å². The average Bonchev–Trinajstić information content (AvgIpc) is 2.85. The molecule has 3 fully saturated rings. The van der Waals surface area contributed by atoms with Crippen molar-refractivity contribution in [3.63, 3.8) is 0 Å². The first kappa shape index (κ1) is 15.8. The molecule has 5 heteroatoms. The zero-order chi connectivity index (χ0) is 15.4. The first-order valence-corrected chi connectivity index (χ1v) is 9.01. The van der Waals surface area contributed by atoms with Gasteiger partial charge < -0.3 is 16.0 Å². The molecule has 0 radical (unpaired) electrons. The van der Waals surface area contributed by atoms with Crippen LogP contribution in [0.3, 0.4) is 0 Å². The molecular weight excluding hydrogens is 278 g/mol. The van der Waals surface area contributed by atoms with E-state index in [-0.39, 0.29) is 18.4 Å². The second kappa shape index (κ2) is 7.44. The van der Waals surface area contributed by atoms with Gasteiger partial charge in [0.2, 0.25) is 11.8 Å². The van der Waals surface area contributed by atoms with Crippen LogP contribution in [0.5, 0.6) is 0 Å². The monoisotopic (exact) mass is 307 g/mol. The third-order valence-electron chi connectivity index (χ3n) is 5.46. The summed E-state index contributed by atoms with van der Waals surface area (Å²) in [5, 5.41) is 9.43. The molecule has 1 aliphatic carbocycles. The third kappa shape index (κ3) is 4.45. The van der Waals surface area contributed by atoms with E-state index in [9.17, 15) is 9.59 Å². The minimum absolute atomic E-state index is 0.0325. The van der Waals surface area contributed by atoms with Crippen LogP contribution in [0, 0.1) is 5.92 Å². The quantitative estimate of drug-likeness (QED) is 0.720. The number of carbonyl (C=O) groups is 2. The number of amides is 2. The van der Waals surface area contributed by atoms with E-state index in [4.69, 9.17) is 0 Å². The Morgan fingerprint density at radius 3 is 2.27 bits per heavy atom. The first-order valence-electron chi connectivity index (χ1n) is 9.01. The van der Waals surface area contributed by atoms with Crippen LogP contribution in [0.2, 0.25) is 0 Å². The molecule has 2 amide bonds. The Kier molecular flexibility index (Phi) is 5.34. The SMILES string of the molecule is O=C(CC1CC2CCC(C1)N2)NCC(=O)NC1CCCCC1. The standard InChI is InChI=1S/C17H29N3O2/c21-16(10-12-8-14-6-7-15(9-12)19-14)18-11-17(22)20-13-4-2-1-3-5-13/h12-15,19H,1-11H2,(H,18,21)(H,20,22). The zero-order valence-corrected chi connectivity index (χ0v) is 13.4. The second-order valence-corrected chi connectivity index (χ2v) is 7.36. The van der Waals surface area contributed by atoms with Gasteiger partial charge in [0.25, 0.3) is 0 Å². The predicted molar refractivity (Wildman–Crippen MR) is 85.3 cm³/mol. The molecule has 3 N–H and O–H groups in total. The van der Waals surface area contributed by atoms with Crippen LogP contribution in [0.15, 0.2) is 0 Å². The van der Waals surface area contributed by atoms with Crippen molar-refractivity contribution >= 4 is 11.8 Å². The van der Waals surface area contributed by atoms with E-state index in [1.807, 2.05) is 0 Å². The van der Waals surface area contributed by atoms with E-state index in [0.29, 0.717) is 30.5 Å². The van der Waals surface area contributed by atoms with E-state index < -0.39 is 0 Å². The molecule has 0 aromatic carbocycles. The van der Waals surface area contributed by atoms with Crippen molar-refractivity contribution in [2.75, 3.05) is 6.54 Å². The van der Waals surface area contributed by atoms with Crippen molar-refractivity contribution in [2.24, 2.45) is 5.92 Å². The molecule has 1 saturated carbocycles. The number of fused-ring (bicyclic) bond motifs is 2. The summed E-state index contributed by atoms with van der Waals surface area (Å²) in [5.41, 5.74) is 0. The molecule has 3 rings (SSSR count). The molecule has 0 aromatic heterocycles. The van der Waals surface area contributed by atoms with Crippen molar-refractivity contribution in [3.8, 4) is 0 Å². The highest BCUT2D eigenvalue weighted by Crippen LogP contribution is 2.32. The lowest BCUT2D eigenvalue weighted by Crippen LogP contribution is -2.44. The van der Waals surface area contributed by atoms with Crippen molar-refractivity contribution < 1.29 is 9.59 Å². The van der Waals surface area contributed by atoms with Gasteiger partial charge in [-0.25, -0.2) is 0 Å². The van der Waals surface area contributed by atoms with Gasteiger partial charge in [-0.3, -0.25) is 9.59 Å². The van der Waals surface area contributed by atoms with Gasteiger partial charge in [0.1, 0.15) is 0 Å². The fraction of sp³-hybridized carbons (Fsp3) is 0.882. The lowest BCUT2D eigenvalue weighted by molar-refractivity contribution is -0.127. The highest BCUT2D eigenvalue weighted by atomic mass is 16.2. The Hall–Kier alpha value is -1.10. The van der Waals surface area contributed by atoms with Crippen molar-refractivity contribution in [1.82, 2.24) is 16.0 Å². The summed E-state index contributed by atoms with van der Waals surface area (Å²) in [5.74, 6) is 0.482. The van der Waals surface area contributed by atoms with Crippen LogP contribution >= 0.6 is 0 Å². The Labute approximate surface area is 133 Å². The van der Waals surface area contributed by atoms with Gasteiger partial charge in [-0.1, -0.05) is 19.3 Å². The normalized spacial score (nSPS) is 31.7. The maximum Gasteiger partial charge on any atom is 0.239 e. The molecule has 2 atom stereocenters. The number of rotatable bonds is 5. The fourth-order valence-corrected chi connectivity index (χ4v) is 4.38.